The maximum Gasteiger partial charge on any atom is 0.407 e. The zero-order valence-corrected chi connectivity index (χ0v) is 15.2. The van der Waals surface area contributed by atoms with Crippen LogP contribution < -0.4 is 5.32 Å². The Balaban J connectivity index is 2.72. The van der Waals surface area contributed by atoms with Crippen molar-refractivity contribution in [3.63, 3.8) is 0 Å². The number of ether oxygens (including phenoxy) is 2. The molecule has 0 aromatic heterocycles. The molecule has 23 heavy (non-hydrogen) atoms. The van der Waals surface area contributed by atoms with Crippen LogP contribution in [0.25, 0.3) is 0 Å². The first-order chi connectivity index (χ1) is 10.6. The van der Waals surface area contributed by atoms with Gasteiger partial charge in [0.25, 0.3) is 0 Å². The quantitative estimate of drug-likeness (QED) is 0.753. The Morgan fingerprint density at radius 1 is 1.35 bits per heavy atom. The summed E-state index contributed by atoms with van der Waals surface area (Å²) in [7, 11) is 1.47. The van der Waals surface area contributed by atoms with Gasteiger partial charge in [0.1, 0.15) is 11.4 Å². The van der Waals surface area contributed by atoms with E-state index < -0.39 is 23.6 Å². The Kier molecular flexibility index (Phi) is 7.15. The summed E-state index contributed by atoms with van der Waals surface area (Å²) in [6, 6.07) is 3.49. The topological polar surface area (TPSA) is 64.6 Å². The van der Waals surface area contributed by atoms with Crippen molar-refractivity contribution in [1.29, 1.82) is 0 Å². The predicted octanol–water partition coefficient (Wildman–Crippen LogP) is 3.70. The van der Waals surface area contributed by atoms with Crippen molar-refractivity contribution >= 4 is 27.8 Å². The molecule has 0 saturated carbocycles. The van der Waals surface area contributed by atoms with E-state index in [1.54, 1.807) is 20.8 Å². The molecule has 1 amide bonds. The average Bonchev–Trinajstić information content (AvgIpc) is 2.39. The maximum absolute atomic E-state index is 13.2. The van der Waals surface area contributed by atoms with Crippen molar-refractivity contribution in [1.82, 2.24) is 5.32 Å². The van der Waals surface area contributed by atoms with Gasteiger partial charge in [0.15, 0.2) is 5.78 Å². The smallest absolute Gasteiger partial charge is 0.407 e. The molecule has 0 aliphatic carbocycles. The van der Waals surface area contributed by atoms with Gasteiger partial charge >= 0.3 is 6.09 Å². The van der Waals surface area contributed by atoms with Crippen LogP contribution in [0.15, 0.2) is 22.7 Å². The number of alkyl carbamates (subject to hydrolysis) is 1. The summed E-state index contributed by atoms with van der Waals surface area (Å²) in [5.74, 6) is -0.675. The van der Waals surface area contributed by atoms with E-state index >= 15 is 0 Å². The molecule has 5 nitrogen and oxygen atoms in total. The lowest BCUT2D eigenvalue weighted by Crippen LogP contribution is -2.42. The number of Topliss-reactive ketones (excluding diaryl/α,β-unsaturated/α-hetero) is 1. The number of hydrogen-bond acceptors (Lipinski definition) is 4. The van der Waals surface area contributed by atoms with Crippen LogP contribution >= 0.6 is 15.9 Å². The molecular weight excluding hydrogens is 369 g/mol. The highest BCUT2D eigenvalue weighted by Crippen LogP contribution is 2.18. The van der Waals surface area contributed by atoms with Gasteiger partial charge in [-0.15, -0.1) is 0 Å². The van der Waals surface area contributed by atoms with Gasteiger partial charge in [-0.25, -0.2) is 9.18 Å². The molecule has 0 heterocycles. The normalized spacial score (nSPS) is 12.6. The van der Waals surface area contributed by atoms with Gasteiger partial charge in [0.2, 0.25) is 0 Å². The van der Waals surface area contributed by atoms with Gasteiger partial charge in [0.05, 0.1) is 17.1 Å². The van der Waals surface area contributed by atoms with Crippen LogP contribution in [0.4, 0.5) is 9.18 Å². The third-order valence-corrected chi connectivity index (χ3v) is 3.37. The molecule has 0 radical (unpaired) electrons. The lowest BCUT2D eigenvalue weighted by molar-refractivity contribution is 0.0464. The molecule has 7 heteroatoms. The van der Waals surface area contributed by atoms with Crippen molar-refractivity contribution in [2.45, 2.75) is 38.8 Å². The number of benzene rings is 1. The first-order valence-corrected chi connectivity index (χ1v) is 7.88. The van der Waals surface area contributed by atoms with E-state index in [0.29, 0.717) is 5.56 Å². The lowest BCUT2D eigenvalue weighted by Gasteiger charge is -2.23. The molecule has 1 aromatic carbocycles. The number of hydrogen-bond donors (Lipinski definition) is 1. The van der Waals surface area contributed by atoms with E-state index in [4.69, 9.17) is 9.47 Å². The number of rotatable bonds is 6. The zero-order valence-electron chi connectivity index (χ0n) is 13.6. The number of nitrogens with one attached hydrogen (secondary N) is 1. The number of halogens is 2. The van der Waals surface area contributed by atoms with Crippen molar-refractivity contribution in [3.05, 3.63) is 34.1 Å². The third-order valence-electron chi connectivity index (χ3n) is 2.76. The first-order valence-electron chi connectivity index (χ1n) is 7.09. The van der Waals surface area contributed by atoms with E-state index in [1.807, 2.05) is 0 Å². The second kappa shape index (κ2) is 8.40. The van der Waals surface area contributed by atoms with Crippen LogP contribution in [0.5, 0.6) is 0 Å². The van der Waals surface area contributed by atoms with Gasteiger partial charge in [-0.3, -0.25) is 4.79 Å². The Labute approximate surface area is 143 Å². The summed E-state index contributed by atoms with van der Waals surface area (Å²) in [5, 5.41) is 2.61. The van der Waals surface area contributed by atoms with E-state index in [-0.39, 0.29) is 23.3 Å². The Bertz CT molecular complexity index is 572. The predicted molar refractivity (Wildman–Crippen MR) is 88.1 cm³/mol. The fourth-order valence-electron chi connectivity index (χ4n) is 1.84. The van der Waals surface area contributed by atoms with Crippen molar-refractivity contribution in [3.8, 4) is 0 Å². The summed E-state index contributed by atoms with van der Waals surface area (Å²) in [6.07, 6.45) is -0.599. The first kappa shape index (κ1) is 19.6. The second-order valence-electron chi connectivity index (χ2n) is 6.05. The largest absolute Gasteiger partial charge is 0.444 e. The third kappa shape index (κ3) is 7.09. The average molecular weight is 390 g/mol. The molecule has 0 spiro atoms. The van der Waals surface area contributed by atoms with Crippen molar-refractivity contribution in [2.75, 3.05) is 13.7 Å². The summed E-state index contributed by atoms with van der Waals surface area (Å²) in [6.45, 7) is 5.41. The maximum atomic E-state index is 13.2. The van der Waals surface area contributed by atoms with Gasteiger partial charge in [-0.05, 0) is 54.9 Å². The highest BCUT2D eigenvalue weighted by Gasteiger charge is 2.22. The molecule has 1 unspecified atom stereocenters. The van der Waals surface area contributed by atoms with Gasteiger partial charge < -0.3 is 14.8 Å². The van der Waals surface area contributed by atoms with Crippen LogP contribution in [0.2, 0.25) is 0 Å². The monoisotopic (exact) mass is 389 g/mol. The molecule has 1 aromatic rings. The van der Waals surface area contributed by atoms with Crippen LogP contribution in [0, 0.1) is 5.82 Å². The number of amides is 1. The summed E-state index contributed by atoms with van der Waals surface area (Å²) in [4.78, 5) is 24.1. The molecular formula is C16H21BrFNO4. The highest BCUT2D eigenvalue weighted by molar-refractivity contribution is 9.10. The highest BCUT2D eigenvalue weighted by atomic mass is 79.9. The molecule has 0 aliphatic heterocycles. The van der Waals surface area contributed by atoms with Crippen molar-refractivity contribution < 1.29 is 23.5 Å². The fraction of sp³-hybridized carbons (Fsp3) is 0.500. The van der Waals surface area contributed by atoms with Crippen LogP contribution in [-0.4, -0.2) is 37.2 Å². The van der Waals surface area contributed by atoms with Crippen LogP contribution in [0.1, 0.15) is 37.6 Å². The van der Waals surface area contributed by atoms with Gasteiger partial charge in [-0.2, -0.15) is 0 Å². The number of carbonyl (C=O) groups excluding carboxylic acids is 2. The Morgan fingerprint density at radius 2 is 2.00 bits per heavy atom. The molecule has 1 rings (SSSR count). The zero-order chi connectivity index (χ0) is 17.6. The SMILES string of the molecule is COCC(CC(=O)c1ccc(F)c(Br)c1)NC(=O)OC(C)(C)C. The second-order valence-corrected chi connectivity index (χ2v) is 6.91. The molecule has 1 N–H and O–H groups in total. The summed E-state index contributed by atoms with van der Waals surface area (Å²) in [5.41, 5.74) is -0.279. The minimum Gasteiger partial charge on any atom is -0.444 e. The van der Waals surface area contributed by atoms with Gasteiger partial charge in [0, 0.05) is 19.1 Å². The summed E-state index contributed by atoms with van der Waals surface area (Å²) < 4.78 is 23.6. The molecule has 0 saturated heterocycles. The number of carbonyl (C=O) groups is 2. The van der Waals surface area contributed by atoms with Crippen molar-refractivity contribution in [2.24, 2.45) is 0 Å². The molecule has 0 bridgehead atoms. The van der Waals surface area contributed by atoms with E-state index in [9.17, 15) is 14.0 Å². The van der Waals surface area contributed by atoms with Gasteiger partial charge in [-0.1, -0.05) is 0 Å². The van der Waals surface area contributed by atoms with E-state index in [2.05, 4.69) is 21.2 Å². The number of ketones is 1. The molecule has 0 fully saturated rings. The minimum atomic E-state index is -0.631. The van der Waals surface area contributed by atoms with Crippen LogP contribution in [0.3, 0.4) is 0 Å². The standard InChI is InChI=1S/C16H21BrFNO4/c1-16(2,3)23-15(21)19-11(9-22-4)8-14(20)10-5-6-13(18)12(17)7-10/h5-7,11H,8-9H2,1-4H3,(H,19,21). The number of methoxy groups -OCH3 is 1. The Hall–Kier alpha value is -1.47. The molecule has 0 aliphatic rings. The molecule has 128 valence electrons. The van der Waals surface area contributed by atoms with Crippen LogP contribution in [-0.2, 0) is 9.47 Å². The summed E-state index contributed by atoms with van der Waals surface area (Å²) >= 11 is 3.04. The van der Waals surface area contributed by atoms with E-state index in [0.717, 1.165) is 0 Å². The minimum absolute atomic E-state index is 0.0190. The van der Waals surface area contributed by atoms with E-state index in [1.165, 1.54) is 25.3 Å². The molecule has 1 atom stereocenters. The Morgan fingerprint density at radius 3 is 2.52 bits per heavy atom. The lowest BCUT2D eigenvalue weighted by atomic mass is 10.0. The fourth-order valence-corrected chi connectivity index (χ4v) is 2.22.